The first kappa shape index (κ1) is 92.2. The molecule has 0 amide bonds. The molecule has 0 bridgehead atoms. The molecule has 8 heteroatoms. The van der Waals surface area contributed by atoms with Crippen molar-refractivity contribution in [2.24, 2.45) is 0 Å². The van der Waals surface area contributed by atoms with Crippen molar-refractivity contribution in [2.75, 3.05) is 0 Å². The molecule has 8 aromatic heterocycles. The lowest BCUT2D eigenvalue weighted by Gasteiger charge is -2.24. The van der Waals surface area contributed by atoms with Gasteiger partial charge in [-0.05, 0) is 158 Å². The Morgan fingerprint density at radius 1 is 0.216 bits per heavy atom. The lowest BCUT2D eigenvalue weighted by atomic mass is 9.81. The molecule has 0 radical (unpaired) electrons. The fourth-order valence-corrected chi connectivity index (χ4v) is 16.4. The van der Waals surface area contributed by atoms with Crippen LogP contribution >= 0.6 is 0 Å². The number of para-hydroxylation sites is 9. The molecule has 125 heavy (non-hydrogen) atoms. The highest BCUT2D eigenvalue weighted by Crippen LogP contribution is 2.43. The number of pyridine rings is 4. The van der Waals surface area contributed by atoms with E-state index < -0.39 is 0 Å². The van der Waals surface area contributed by atoms with E-state index in [1.165, 1.54) is 132 Å². The van der Waals surface area contributed by atoms with Gasteiger partial charge in [-0.1, -0.05) is 396 Å². The third-order valence-electron chi connectivity index (χ3n) is 22.8. The van der Waals surface area contributed by atoms with Gasteiger partial charge in [-0.3, -0.25) is 18.7 Å². The van der Waals surface area contributed by atoms with Gasteiger partial charge in [-0.2, -0.15) is 0 Å². The second-order valence-electron chi connectivity index (χ2n) is 36.4. The molecule has 0 N–H and O–H groups in total. The Morgan fingerprint density at radius 2 is 0.504 bits per heavy atom. The molecule has 0 saturated carbocycles. The van der Waals surface area contributed by atoms with Gasteiger partial charge in [0.05, 0.1) is 61.2 Å². The predicted molar refractivity (Wildman–Crippen MR) is 544 cm³/mol. The number of hydrogen-bond donors (Lipinski definition) is 0. The highest BCUT2D eigenvalue weighted by atomic mass is 15.1. The van der Waals surface area contributed by atoms with Gasteiger partial charge in [0.1, 0.15) is 17.5 Å². The quantitative estimate of drug-likeness (QED) is 0.159. The minimum atomic E-state index is -0.0377. The summed E-state index contributed by atoms with van der Waals surface area (Å²) in [5, 5.41) is 10.1. The van der Waals surface area contributed by atoms with E-state index in [-0.39, 0.29) is 64.2 Å². The van der Waals surface area contributed by atoms with E-state index in [4.69, 9.17) is 15.0 Å². The molecule has 20 aromatic rings. The number of hydrogen-bond acceptors (Lipinski definition) is 4. The zero-order valence-electron chi connectivity index (χ0n) is 71.8. The van der Waals surface area contributed by atoms with Crippen LogP contribution in [0.2, 0.25) is 0 Å². The molecule has 0 aliphatic carbocycles. The van der Waals surface area contributed by atoms with E-state index in [1.54, 1.807) is 0 Å². The van der Waals surface area contributed by atoms with E-state index >= 15 is 0 Å². The zero-order valence-corrected chi connectivity index (χ0v) is 71.8. The van der Waals surface area contributed by atoms with Gasteiger partial charge in [0.15, 0.2) is 0 Å². The predicted octanol–water partition coefficient (Wildman–Crippen LogP) is 33.1. The van der Waals surface area contributed by atoms with Crippen molar-refractivity contribution in [1.82, 2.24) is 38.2 Å². The number of nitrogens with zero attached hydrogens (tertiary/aromatic N) is 8. The van der Waals surface area contributed by atoms with E-state index in [2.05, 4.69) is 467 Å². The van der Waals surface area contributed by atoms with Crippen LogP contribution in [0.25, 0.3) is 144 Å². The van der Waals surface area contributed by atoms with E-state index in [0.29, 0.717) is 0 Å². The number of fused-ring (bicyclic) bond motifs is 12. The van der Waals surface area contributed by atoms with Crippen LogP contribution in [0.3, 0.4) is 0 Å². The molecule has 0 spiro atoms. The van der Waals surface area contributed by atoms with Gasteiger partial charge in [-0.25, -0.2) is 15.0 Å². The summed E-state index contributed by atoms with van der Waals surface area (Å²) in [6, 6.07) is 125. The SMILES string of the molecule is C.C.C.C.C.CC(C)(C)c1cc(-c2ccccc2)nc(-c2ccccc2)c1.CC(C)(C)c1cc(-n2c3ccccc3c3ccccc32)nc(-n2c3ccccc3c3ccccc32)c1.CC(C)(C)c1ccc(-n2c3ccccc3c3ccccc32)nc1.CC(C)(C)c1ccccc1-c1ccccc1-n1c2ccccc2c2ccccc21.CC(C)(C)c1ccncc1. The average Bonchev–Trinajstić information content (AvgIpc) is 1.60. The van der Waals surface area contributed by atoms with Crippen molar-refractivity contribution in [3.05, 3.63) is 398 Å². The van der Waals surface area contributed by atoms with E-state index in [0.717, 1.165) is 40.0 Å². The number of benzene rings is 12. The van der Waals surface area contributed by atoms with Crippen LogP contribution in [0.5, 0.6) is 0 Å². The Labute approximate surface area is 743 Å². The molecule has 0 aliphatic rings. The molecule has 634 valence electrons. The molecule has 0 fully saturated rings. The van der Waals surface area contributed by atoms with Crippen LogP contribution in [-0.2, 0) is 27.1 Å². The Kier molecular flexibility index (Phi) is 28.1. The largest absolute Gasteiger partial charge is 0.309 e. The van der Waals surface area contributed by atoms with E-state index in [1.807, 2.05) is 30.7 Å². The topological polar surface area (TPSA) is 71.3 Å². The standard InChI is InChI=1S/C33H27N3.C28H25N.C21H20N2.C21H21N.C9H13N.5CH4/c1-33(2,3)22-20-31(35-27-16-8-4-12-23(27)24-13-5-9-17-28(24)35)34-32(21-22)36-29-18-10-6-14-25(29)26-15-7-11-19-30(26)36;1-28(2,3)24-16-8-4-12-20(24)21-13-5-9-17-25(21)29-26-18-10-6-14-22(26)23-15-7-11-19-27(23)29;1-21(2,3)15-12-13-20(22-14-15)23-18-10-6-4-8-16(18)17-9-5-7-11-19(17)23;1-21(2,3)18-14-19(16-10-6-4-7-11-16)22-20(15-18)17-12-8-5-9-13-17;1-9(2,3)8-4-6-10-7-5-8;;;;;/h4-21H,1-3H3;4-19H,1-3H3;4-14H,1-3H3;4-15H,1-3H3;4-7H,1-3H3;5*1H4. The van der Waals surface area contributed by atoms with Crippen molar-refractivity contribution in [1.29, 1.82) is 0 Å². The van der Waals surface area contributed by atoms with Crippen LogP contribution in [0.15, 0.2) is 370 Å². The molecule has 20 rings (SSSR count). The van der Waals surface area contributed by atoms with Gasteiger partial charge >= 0.3 is 0 Å². The molecule has 0 atom stereocenters. The summed E-state index contributed by atoms with van der Waals surface area (Å²) in [6.07, 6.45) is 5.67. The smallest absolute Gasteiger partial charge is 0.140 e. The first-order chi connectivity index (χ1) is 57.8. The van der Waals surface area contributed by atoms with Crippen molar-refractivity contribution >= 4 is 87.2 Å². The Bertz CT molecular complexity index is 6620. The van der Waals surface area contributed by atoms with Gasteiger partial charge in [-0.15, -0.1) is 0 Å². The van der Waals surface area contributed by atoms with Crippen molar-refractivity contribution in [3.63, 3.8) is 0 Å². The average molecular weight is 1640 g/mol. The fourth-order valence-electron chi connectivity index (χ4n) is 16.4. The fraction of sp³-hybridized carbons (Fsp3) is 0.214. The normalized spacial score (nSPS) is 11.5. The van der Waals surface area contributed by atoms with Crippen LogP contribution in [0.1, 0.15) is 169 Å². The highest BCUT2D eigenvalue weighted by Gasteiger charge is 2.26. The minimum Gasteiger partial charge on any atom is -0.309 e. The highest BCUT2D eigenvalue weighted by molar-refractivity contribution is 6.12. The molecular weight excluding hydrogens is 1520 g/mol. The Balaban J connectivity index is 0.000000156. The third kappa shape index (κ3) is 19.1. The molecule has 0 unspecified atom stereocenters. The summed E-state index contributed by atoms with van der Waals surface area (Å²) in [7, 11) is 0. The molecular formula is C117H126N8. The molecule has 8 heterocycles. The number of rotatable bonds is 7. The van der Waals surface area contributed by atoms with Gasteiger partial charge in [0, 0.05) is 78.4 Å². The van der Waals surface area contributed by atoms with Gasteiger partial charge < -0.3 is 4.57 Å². The van der Waals surface area contributed by atoms with Crippen LogP contribution in [0.4, 0.5) is 0 Å². The lowest BCUT2D eigenvalue weighted by molar-refractivity contribution is 0.587. The maximum atomic E-state index is 5.36. The van der Waals surface area contributed by atoms with Gasteiger partial charge in [0.2, 0.25) is 0 Å². The maximum Gasteiger partial charge on any atom is 0.140 e. The third-order valence-corrected chi connectivity index (χ3v) is 22.8. The van der Waals surface area contributed by atoms with Crippen LogP contribution < -0.4 is 0 Å². The molecule has 8 nitrogen and oxygen atoms in total. The number of aromatic nitrogens is 8. The molecule has 12 aromatic carbocycles. The second-order valence-corrected chi connectivity index (χ2v) is 36.4. The summed E-state index contributed by atoms with van der Waals surface area (Å²) in [6.45, 7) is 33.6. The summed E-state index contributed by atoms with van der Waals surface area (Å²) < 4.78 is 9.30. The first-order valence-corrected chi connectivity index (χ1v) is 41.9. The molecule has 0 saturated heterocycles. The monoisotopic (exact) mass is 1640 g/mol. The summed E-state index contributed by atoms with van der Waals surface area (Å²) in [5.74, 6) is 2.85. The van der Waals surface area contributed by atoms with Crippen molar-refractivity contribution in [3.8, 4) is 56.8 Å². The summed E-state index contributed by atoms with van der Waals surface area (Å²) in [4.78, 5) is 19.0. The Morgan fingerprint density at radius 3 is 0.824 bits per heavy atom. The van der Waals surface area contributed by atoms with Crippen molar-refractivity contribution in [2.45, 2.75) is 168 Å². The van der Waals surface area contributed by atoms with Crippen LogP contribution in [0, 0.1) is 0 Å². The second kappa shape index (κ2) is 38.1. The summed E-state index contributed by atoms with van der Waals surface area (Å²) in [5.41, 5.74) is 24.8. The first-order valence-electron chi connectivity index (χ1n) is 41.9. The van der Waals surface area contributed by atoms with Gasteiger partial charge in [0.25, 0.3) is 0 Å². The summed E-state index contributed by atoms with van der Waals surface area (Å²) >= 11 is 0. The lowest BCUT2D eigenvalue weighted by Crippen LogP contribution is -2.14. The Hall–Kier alpha value is -13.6. The minimum absolute atomic E-state index is 0. The van der Waals surface area contributed by atoms with Crippen molar-refractivity contribution < 1.29 is 0 Å². The van der Waals surface area contributed by atoms with Crippen LogP contribution in [-0.4, -0.2) is 38.2 Å². The molecule has 0 aliphatic heterocycles. The van der Waals surface area contributed by atoms with E-state index in [9.17, 15) is 0 Å². The maximum absolute atomic E-state index is 5.36. The zero-order chi connectivity index (χ0) is 83.7.